The normalized spacial score (nSPS) is 14.7. The van der Waals surface area contributed by atoms with E-state index in [1.807, 2.05) is 80.6 Å². The van der Waals surface area contributed by atoms with Crippen molar-refractivity contribution in [3.05, 3.63) is 120 Å². The van der Waals surface area contributed by atoms with E-state index < -0.39 is 12.0 Å². The molecule has 2 heterocycles. The average molecular weight is 599 g/mol. The fourth-order valence-corrected chi connectivity index (χ4v) is 5.85. The molecule has 8 nitrogen and oxygen atoms in total. The standard InChI is InChI=1S/C34H34N2O6S/c1-21(2)19-42-33(38)30-22(3)35-34-36(32(37)29(43-34)18-24-11-16-27(39-4)28(17-24)40-5)31(30)25-12-14-26(15-13-25)41-20-23-9-7-6-8-10-23/h6-18,21,31H,19-20H2,1-5H3. The van der Waals surface area contributed by atoms with E-state index in [2.05, 4.69) is 4.99 Å². The van der Waals surface area contributed by atoms with Gasteiger partial charge in [-0.3, -0.25) is 9.36 Å². The Morgan fingerprint density at radius 2 is 1.72 bits per heavy atom. The maximum Gasteiger partial charge on any atom is 0.338 e. The summed E-state index contributed by atoms with van der Waals surface area (Å²) in [5.41, 5.74) is 3.17. The number of benzene rings is 3. The lowest BCUT2D eigenvalue weighted by Gasteiger charge is -2.25. The van der Waals surface area contributed by atoms with Crippen LogP contribution in [0.4, 0.5) is 0 Å². The number of carbonyl (C=O) groups excluding carboxylic acids is 1. The summed E-state index contributed by atoms with van der Waals surface area (Å²) < 4.78 is 24.5. The van der Waals surface area contributed by atoms with E-state index in [9.17, 15) is 9.59 Å². The molecule has 0 bridgehead atoms. The molecule has 1 unspecified atom stereocenters. The second-order valence-corrected chi connectivity index (χ2v) is 11.5. The van der Waals surface area contributed by atoms with Crippen LogP contribution in [0.5, 0.6) is 17.2 Å². The minimum atomic E-state index is -0.716. The highest BCUT2D eigenvalue weighted by atomic mass is 32.1. The summed E-state index contributed by atoms with van der Waals surface area (Å²) in [5, 5.41) is 0. The second-order valence-electron chi connectivity index (χ2n) is 10.5. The van der Waals surface area contributed by atoms with Gasteiger partial charge in [0, 0.05) is 0 Å². The quantitative estimate of drug-likeness (QED) is 0.238. The number of ether oxygens (including phenoxy) is 4. The Morgan fingerprint density at radius 3 is 2.40 bits per heavy atom. The number of hydrogen-bond donors (Lipinski definition) is 0. The van der Waals surface area contributed by atoms with Gasteiger partial charge in [-0.25, -0.2) is 9.79 Å². The van der Waals surface area contributed by atoms with Crippen molar-refractivity contribution in [2.75, 3.05) is 20.8 Å². The minimum absolute atomic E-state index is 0.159. The minimum Gasteiger partial charge on any atom is -0.493 e. The summed E-state index contributed by atoms with van der Waals surface area (Å²) in [5.74, 6) is 1.50. The van der Waals surface area contributed by atoms with E-state index in [4.69, 9.17) is 18.9 Å². The molecular formula is C34H34N2O6S. The van der Waals surface area contributed by atoms with Crippen LogP contribution in [0.3, 0.4) is 0 Å². The molecule has 4 aromatic rings. The summed E-state index contributed by atoms with van der Waals surface area (Å²) in [6.07, 6.45) is 1.79. The van der Waals surface area contributed by atoms with Gasteiger partial charge in [0.25, 0.3) is 5.56 Å². The van der Waals surface area contributed by atoms with Gasteiger partial charge in [0.2, 0.25) is 0 Å². The van der Waals surface area contributed by atoms with Gasteiger partial charge in [-0.05, 0) is 59.9 Å². The Balaban J connectivity index is 1.56. The zero-order valence-corrected chi connectivity index (χ0v) is 25.6. The number of hydrogen-bond acceptors (Lipinski definition) is 8. The molecule has 0 aliphatic carbocycles. The van der Waals surface area contributed by atoms with E-state index in [-0.39, 0.29) is 18.1 Å². The highest BCUT2D eigenvalue weighted by Crippen LogP contribution is 2.32. The van der Waals surface area contributed by atoms with E-state index in [1.54, 1.807) is 37.9 Å². The topological polar surface area (TPSA) is 88.4 Å². The number of fused-ring (bicyclic) bond motifs is 1. The third-order valence-electron chi connectivity index (χ3n) is 6.94. The van der Waals surface area contributed by atoms with Crippen LogP contribution >= 0.6 is 11.3 Å². The molecule has 1 aliphatic heterocycles. The lowest BCUT2D eigenvalue weighted by atomic mass is 9.96. The van der Waals surface area contributed by atoms with Crippen molar-refractivity contribution in [1.29, 1.82) is 0 Å². The molecule has 0 amide bonds. The molecule has 1 atom stereocenters. The van der Waals surface area contributed by atoms with Gasteiger partial charge >= 0.3 is 5.97 Å². The molecule has 0 saturated heterocycles. The van der Waals surface area contributed by atoms with Crippen LogP contribution < -0.4 is 29.1 Å². The number of carbonyl (C=O) groups is 1. The number of esters is 1. The number of thiazole rings is 1. The highest BCUT2D eigenvalue weighted by molar-refractivity contribution is 7.07. The predicted molar refractivity (Wildman–Crippen MR) is 166 cm³/mol. The van der Waals surface area contributed by atoms with Gasteiger partial charge < -0.3 is 18.9 Å². The van der Waals surface area contributed by atoms with Crippen LogP contribution in [-0.2, 0) is 16.1 Å². The number of methoxy groups -OCH3 is 2. The molecule has 1 aromatic heterocycles. The smallest absolute Gasteiger partial charge is 0.338 e. The van der Waals surface area contributed by atoms with Crippen LogP contribution in [0.1, 0.15) is 43.5 Å². The molecule has 1 aliphatic rings. The summed E-state index contributed by atoms with van der Waals surface area (Å²) >= 11 is 1.27. The molecule has 0 N–H and O–H groups in total. The third-order valence-corrected chi connectivity index (χ3v) is 7.92. The van der Waals surface area contributed by atoms with Gasteiger partial charge in [0.05, 0.1) is 42.7 Å². The van der Waals surface area contributed by atoms with Crippen LogP contribution in [-0.4, -0.2) is 31.4 Å². The van der Waals surface area contributed by atoms with Gasteiger partial charge in [-0.2, -0.15) is 0 Å². The number of nitrogens with zero attached hydrogens (tertiary/aromatic N) is 2. The van der Waals surface area contributed by atoms with E-state index in [0.29, 0.717) is 44.5 Å². The largest absolute Gasteiger partial charge is 0.493 e. The first-order chi connectivity index (χ1) is 20.8. The zero-order valence-electron chi connectivity index (χ0n) is 24.8. The van der Waals surface area contributed by atoms with Crippen molar-refractivity contribution in [2.45, 2.75) is 33.4 Å². The number of allylic oxidation sites excluding steroid dienone is 1. The fraction of sp³-hybridized carbons (Fsp3) is 0.265. The van der Waals surface area contributed by atoms with Gasteiger partial charge in [0.15, 0.2) is 16.3 Å². The second kappa shape index (κ2) is 13.1. The molecule has 222 valence electrons. The molecular weight excluding hydrogens is 564 g/mol. The van der Waals surface area contributed by atoms with Crippen LogP contribution in [0.25, 0.3) is 6.08 Å². The Labute approximate surface area is 254 Å². The van der Waals surface area contributed by atoms with Crippen molar-refractivity contribution < 1.29 is 23.7 Å². The third kappa shape index (κ3) is 6.57. The van der Waals surface area contributed by atoms with Crippen molar-refractivity contribution in [3.63, 3.8) is 0 Å². The Kier molecular flexibility index (Phi) is 9.11. The summed E-state index contributed by atoms with van der Waals surface area (Å²) in [6, 6.07) is 22.1. The molecule has 0 radical (unpaired) electrons. The Morgan fingerprint density at radius 1 is 1.00 bits per heavy atom. The SMILES string of the molecule is COc1ccc(C=c2sc3n(c2=O)C(c2ccc(OCc4ccccc4)cc2)C(C(=O)OCC(C)C)=C(C)N=3)cc1OC. The van der Waals surface area contributed by atoms with Crippen LogP contribution in [0, 0.1) is 5.92 Å². The van der Waals surface area contributed by atoms with Gasteiger partial charge in [-0.15, -0.1) is 0 Å². The lowest BCUT2D eigenvalue weighted by Crippen LogP contribution is -2.40. The van der Waals surface area contributed by atoms with Crippen molar-refractivity contribution in [1.82, 2.24) is 4.57 Å². The predicted octanol–water partition coefficient (Wildman–Crippen LogP) is 5.03. The average Bonchev–Trinajstić information content (AvgIpc) is 3.32. The zero-order chi connectivity index (χ0) is 30.5. The molecule has 5 rings (SSSR count). The molecule has 0 saturated carbocycles. The first kappa shape index (κ1) is 29.8. The Bertz CT molecular complexity index is 1820. The summed E-state index contributed by atoms with van der Waals surface area (Å²) in [4.78, 5) is 32.6. The molecule has 3 aromatic carbocycles. The lowest BCUT2D eigenvalue weighted by molar-refractivity contribution is -0.140. The van der Waals surface area contributed by atoms with Gasteiger partial charge in [-0.1, -0.05) is 73.7 Å². The fourth-order valence-electron chi connectivity index (χ4n) is 4.80. The maximum absolute atomic E-state index is 14.0. The van der Waals surface area contributed by atoms with E-state index in [0.717, 1.165) is 16.7 Å². The summed E-state index contributed by atoms with van der Waals surface area (Å²) in [7, 11) is 3.14. The monoisotopic (exact) mass is 598 g/mol. The van der Waals surface area contributed by atoms with E-state index >= 15 is 0 Å². The van der Waals surface area contributed by atoms with Crippen LogP contribution in [0.2, 0.25) is 0 Å². The molecule has 0 fully saturated rings. The molecule has 43 heavy (non-hydrogen) atoms. The number of aromatic nitrogens is 1. The van der Waals surface area contributed by atoms with Crippen molar-refractivity contribution >= 4 is 23.4 Å². The first-order valence-electron chi connectivity index (χ1n) is 14.0. The molecule has 9 heteroatoms. The maximum atomic E-state index is 14.0. The highest BCUT2D eigenvalue weighted by Gasteiger charge is 2.33. The van der Waals surface area contributed by atoms with Gasteiger partial charge in [0.1, 0.15) is 12.4 Å². The summed E-state index contributed by atoms with van der Waals surface area (Å²) in [6.45, 7) is 6.42. The first-order valence-corrected chi connectivity index (χ1v) is 14.8. The number of rotatable bonds is 10. The van der Waals surface area contributed by atoms with E-state index in [1.165, 1.54) is 11.3 Å². The van der Waals surface area contributed by atoms with Crippen molar-refractivity contribution in [3.8, 4) is 17.2 Å². The molecule has 0 spiro atoms. The Hall–Kier alpha value is -4.63. The van der Waals surface area contributed by atoms with Crippen molar-refractivity contribution in [2.24, 2.45) is 10.9 Å². The van der Waals surface area contributed by atoms with Crippen LogP contribution in [0.15, 0.2) is 93.9 Å².